The van der Waals surface area contributed by atoms with E-state index in [1.807, 2.05) is 31.2 Å². The first-order chi connectivity index (χ1) is 15.5. The molecule has 0 spiro atoms. The third-order valence-electron chi connectivity index (χ3n) is 4.61. The molecule has 0 saturated heterocycles. The van der Waals surface area contributed by atoms with Gasteiger partial charge in [-0.15, -0.1) is 0 Å². The molecule has 32 heavy (non-hydrogen) atoms. The maximum Gasteiger partial charge on any atom is 0.276 e. The number of ether oxygens (including phenoxy) is 1. The zero-order chi connectivity index (χ0) is 22.5. The van der Waals surface area contributed by atoms with Crippen molar-refractivity contribution in [2.24, 2.45) is 7.05 Å². The number of aromatic nitrogens is 4. The van der Waals surface area contributed by atoms with Crippen LogP contribution in [0.1, 0.15) is 32.3 Å². The molecule has 0 aliphatic carbocycles. The van der Waals surface area contributed by atoms with E-state index in [4.69, 9.17) is 9.15 Å². The number of aryl methyl sites for hydroxylation is 2. The number of benzene rings is 1. The number of nitrogens with zero attached hydrogens (tertiary/aromatic N) is 4. The van der Waals surface area contributed by atoms with Crippen LogP contribution in [0.4, 0.5) is 5.69 Å². The van der Waals surface area contributed by atoms with Crippen molar-refractivity contribution in [3.63, 3.8) is 0 Å². The quantitative estimate of drug-likeness (QED) is 0.441. The van der Waals surface area contributed by atoms with Crippen molar-refractivity contribution < 1.29 is 18.7 Å². The van der Waals surface area contributed by atoms with Crippen LogP contribution in [0.15, 0.2) is 65.5 Å². The lowest BCUT2D eigenvalue weighted by Gasteiger charge is -2.08. The first-order valence-electron chi connectivity index (χ1n) is 9.87. The van der Waals surface area contributed by atoms with Gasteiger partial charge in [0.05, 0.1) is 18.5 Å². The van der Waals surface area contributed by atoms with Crippen LogP contribution < -0.4 is 15.4 Å². The third-order valence-corrected chi connectivity index (χ3v) is 4.61. The van der Waals surface area contributed by atoms with Gasteiger partial charge in [-0.3, -0.25) is 14.3 Å². The Kier molecular flexibility index (Phi) is 6.02. The lowest BCUT2D eigenvalue weighted by atomic mass is 10.2. The summed E-state index contributed by atoms with van der Waals surface area (Å²) in [6, 6.07) is 12.7. The number of rotatable bonds is 8. The Morgan fingerprint density at radius 2 is 1.94 bits per heavy atom. The smallest absolute Gasteiger partial charge is 0.276 e. The number of anilines is 1. The van der Waals surface area contributed by atoms with Gasteiger partial charge in [0.2, 0.25) is 0 Å². The second-order valence-electron chi connectivity index (χ2n) is 7.06. The summed E-state index contributed by atoms with van der Waals surface area (Å²) in [5, 5.41) is 13.8. The van der Waals surface area contributed by atoms with E-state index >= 15 is 0 Å². The number of carbonyl (C=O) groups is 2. The van der Waals surface area contributed by atoms with Crippen molar-refractivity contribution >= 4 is 17.5 Å². The molecule has 1 aromatic carbocycles. The summed E-state index contributed by atoms with van der Waals surface area (Å²) in [6.07, 6.45) is 4.73. The highest BCUT2D eigenvalue weighted by atomic mass is 16.5. The molecule has 0 bridgehead atoms. The van der Waals surface area contributed by atoms with Gasteiger partial charge in [0, 0.05) is 19.4 Å². The summed E-state index contributed by atoms with van der Waals surface area (Å²) in [5.41, 5.74) is 1.56. The van der Waals surface area contributed by atoms with E-state index in [2.05, 4.69) is 20.8 Å². The molecule has 164 valence electrons. The molecule has 0 saturated carbocycles. The fraction of sp³-hybridized carbons (Fsp3) is 0.182. The van der Waals surface area contributed by atoms with Crippen LogP contribution in [0.3, 0.4) is 0 Å². The molecular formula is C22H22N6O4. The van der Waals surface area contributed by atoms with Crippen LogP contribution in [0.2, 0.25) is 0 Å². The van der Waals surface area contributed by atoms with Crippen molar-refractivity contribution in [1.29, 1.82) is 0 Å². The highest BCUT2D eigenvalue weighted by Gasteiger charge is 2.20. The van der Waals surface area contributed by atoms with Crippen LogP contribution >= 0.6 is 0 Å². The van der Waals surface area contributed by atoms with Gasteiger partial charge < -0.3 is 19.8 Å². The highest BCUT2D eigenvalue weighted by Crippen LogP contribution is 2.17. The number of furan rings is 1. The number of amides is 2. The zero-order valence-electron chi connectivity index (χ0n) is 17.6. The van der Waals surface area contributed by atoms with Crippen LogP contribution in [-0.2, 0) is 20.3 Å². The van der Waals surface area contributed by atoms with Gasteiger partial charge in [0.15, 0.2) is 18.1 Å². The van der Waals surface area contributed by atoms with E-state index in [1.54, 1.807) is 37.6 Å². The molecule has 2 N–H and O–H groups in total. The van der Waals surface area contributed by atoms with Gasteiger partial charge in [-0.1, -0.05) is 18.2 Å². The Morgan fingerprint density at radius 1 is 1.09 bits per heavy atom. The predicted octanol–water partition coefficient (Wildman–Crippen LogP) is 2.74. The second kappa shape index (κ2) is 9.21. The normalized spacial score (nSPS) is 10.7. The summed E-state index contributed by atoms with van der Waals surface area (Å²) < 4.78 is 13.9. The summed E-state index contributed by atoms with van der Waals surface area (Å²) in [6.45, 7) is 2.32. The summed E-state index contributed by atoms with van der Waals surface area (Å²) >= 11 is 0. The summed E-state index contributed by atoms with van der Waals surface area (Å²) in [5.74, 6) is 0.454. The average Bonchev–Trinajstić information content (AvgIpc) is 3.53. The van der Waals surface area contributed by atoms with E-state index in [1.165, 1.54) is 15.6 Å². The Balaban J connectivity index is 1.39. The largest absolute Gasteiger partial charge is 0.471 e. The number of hydrogen-bond donors (Lipinski definition) is 2. The topological polar surface area (TPSA) is 116 Å². The molecule has 0 atom stereocenters. The van der Waals surface area contributed by atoms with Crippen LogP contribution in [0, 0.1) is 6.92 Å². The Morgan fingerprint density at radius 3 is 2.72 bits per heavy atom. The maximum atomic E-state index is 12.7. The monoisotopic (exact) mass is 434 g/mol. The molecule has 3 aromatic heterocycles. The minimum absolute atomic E-state index is 0.0923. The molecule has 0 aliphatic rings. The second-order valence-corrected chi connectivity index (χ2v) is 7.06. The van der Waals surface area contributed by atoms with Gasteiger partial charge in [-0.25, -0.2) is 4.68 Å². The molecule has 0 radical (unpaired) electrons. The van der Waals surface area contributed by atoms with Crippen LogP contribution in [0.25, 0.3) is 0 Å². The number of para-hydroxylation sites is 1. The molecule has 4 rings (SSSR count). The van der Waals surface area contributed by atoms with Crippen LogP contribution in [-0.4, -0.2) is 31.4 Å². The van der Waals surface area contributed by atoms with Crippen molar-refractivity contribution in [3.05, 3.63) is 83.8 Å². The summed E-state index contributed by atoms with van der Waals surface area (Å²) in [4.78, 5) is 25.2. The van der Waals surface area contributed by atoms with Gasteiger partial charge in [0.25, 0.3) is 11.8 Å². The molecule has 0 fully saturated rings. The minimum atomic E-state index is -0.465. The van der Waals surface area contributed by atoms with E-state index in [-0.39, 0.29) is 30.4 Å². The van der Waals surface area contributed by atoms with Crippen molar-refractivity contribution in [2.45, 2.75) is 20.2 Å². The Labute approximate surface area is 183 Å². The lowest BCUT2D eigenvalue weighted by Crippen LogP contribution is -2.25. The van der Waals surface area contributed by atoms with Crippen molar-refractivity contribution in [3.8, 4) is 5.75 Å². The first kappa shape index (κ1) is 20.9. The van der Waals surface area contributed by atoms with E-state index in [0.29, 0.717) is 5.76 Å². The van der Waals surface area contributed by atoms with Gasteiger partial charge >= 0.3 is 0 Å². The van der Waals surface area contributed by atoms with Gasteiger partial charge in [-0.2, -0.15) is 10.2 Å². The average molecular weight is 434 g/mol. The number of carbonyl (C=O) groups excluding carboxylic acids is 2. The molecular weight excluding hydrogens is 412 g/mol. The molecule has 10 heteroatoms. The molecule has 2 amide bonds. The minimum Gasteiger partial charge on any atom is -0.471 e. The highest BCUT2D eigenvalue weighted by molar-refractivity contribution is 6.07. The lowest BCUT2D eigenvalue weighted by molar-refractivity contribution is 0.0943. The fourth-order valence-corrected chi connectivity index (χ4v) is 3.01. The van der Waals surface area contributed by atoms with Crippen LogP contribution in [0.5, 0.6) is 5.75 Å². The molecule has 0 unspecified atom stereocenters. The molecule has 10 nitrogen and oxygen atoms in total. The predicted molar refractivity (Wildman–Crippen MR) is 115 cm³/mol. The van der Waals surface area contributed by atoms with Crippen molar-refractivity contribution in [2.75, 3.05) is 5.32 Å². The Bertz CT molecular complexity index is 1230. The maximum absolute atomic E-state index is 12.7. The zero-order valence-corrected chi connectivity index (χ0v) is 17.6. The molecule has 0 aliphatic heterocycles. The van der Waals surface area contributed by atoms with E-state index < -0.39 is 11.8 Å². The Hall–Kier alpha value is -4.34. The summed E-state index contributed by atoms with van der Waals surface area (Å²) in [7, 11) is 1.66. The standard InChI is InChI=1S/C22H22N6O4/c1-15-6-3-4-8-19(15)32-14-28-10-9-17(25-28)21(29)24-18-13-27(2)26-20(18)22(30)23-12-16-7-5-11-31-16/h3-11,13H,12,14H2,1-2H3,(H,23,30)(H,24,29). The molecule has 3 heterocycles. The van der Waals surface area contributed by atoms with Gasteiger partial charge in [0.1, 0.15) is 11.5 Å². The number of hydrogen-bond acceptors (Lipinski definition) is 6. The molecule has 4 aromatic rings. The van der Waals surface area contributed by atoms with Gasteiger partial charge in [-0.05, 0) is 36.8 Å². The third kappa shape index (κ3) is 4.86. The van der Waals surface area contributed by atoms with E-state index in [0.717, 1.165) is 11.3 Å². The number of nitrogens with one attached hydrogen (secondary N) is 2. The SMILES string of the molecule is Cc1ccccc1OCn1ccc(C(=O)Nc2cn(C)nc2C(=O)NCc2ccco2)n1. The van der Waals surface area contributed by atoms with E-state index in [9.17, 15) is 9.59 Å². The fourth-order valence-electron chi connectivity index (χ4n) is 3.01. The first-order valence-corrected chi connectivity index (χ1v) is 9.87. The van der Waals surface area contributed by atoms with Crippen molar-refractivity contribution in [1.82, 2.24) is 24.9 Å².